The minimum Gasteiger partial charge on any atom is -0.493 e. The molecule has 1 aromatic heterocycles. The SMILES string of the molecule is COc1cc2c(-c3ccc4c(c3)OCO4)c3c(nc2cc1OCc1cccc(I)c1)COC3=O. The summed E-state index contributed by atoms with van der Waals surface area (Å²) in [5, 5.41) is 0.759. The molecule has 3 aromatic carbocycles. The Bertz CT molecular complexity index is 1470. The van der Waals surface area contributed by atoms with Gasteiger partial charge in [-0.25, -0.2) is 9.78 Å². The first-order valence-electron chi connectivity index (χ1n) is 10.6. The molecule has 0 fully saturated rings. The average Bonchev–Trinajstić information content (AvgIpc) is 3.46. The van der Waals surface area contributed by atoms with Gasteiger partial charge in [0.15, 0.2) is 23.0 Å². The van der Waals surface area contributed by atoms with Gasteiger partial charge >= 0.3 is 5.97 Å². The Hall–Kier alpha value is -3.53. The summed E-state index contributed by atoms with van der Waals surface area (Å²) in [7, 11) is 1.59. The van der Waals surface area contributed by atoms with Crippen LogP contribution in [0, 0.1) is 3.57 Å². The highest BCUT2D eigenvalue weighted by Crippen LogP contribution is 2.44. The number of benzene rings is 3. The van der Waals surface area contributed by atoms with E-state index in [1.54, 1.807) is 7.11 Å². The molecule has 0 unspecified atom stereocenters. The maximum absolute atomic E-state index is 12.7. The van der Waals surface area contributed by atoms with Crippen LogP contribution in [-0.4, -0.2) is 24.9 Å². The van der Waals surface area contributed by atoms with E-state index in [4.69, 9.17) is 28.7 Å². The third-order valence-corrected chi connectivity index (χ3v) is 6.50. The monoisotopic (exact) mass is 567 g/mol. The van der Waals surface area contributed by atoms with Crippen molar-refractivity contribution in [3.05, 3.63) is 75.0 Å². The molecular formula is C26H18INO6. The molecule has 0 spiro atoms. The largest absolute Gasteiger partial charge is 0.493 e. The Morgan fingerprint density at radius 3 is 2.71 bits per heavy atom. The van der Waals surface area contributed by atoms with Crippen LogP contribution >= 0.6 is 22.6 Å². The maximum Gasteiger partial charge on any atom is 0.341 e. The van der Waals surface area contributed by atoms with Crippen LogP contribution < -0.4 is 18.9 Å². The number of fused-ring (bicyclic) bond motifs is 3. The highest BCUT2D eigenvalue weighted by molar-refractivity contribution is 14.1. The number of aromatic nitrogens is 1. The van der Waals surface area contributed by atoms with Crippen molar-refractivity contribution < 1.29 is 28.5 Å². The van der Waals surface area contributed by atoms with Crippen LogP contribution in [0.4, 0.5) is 0 Å². The Labute approximate surface area is 208 Å². The number of methoxy groups -OCH3 is 1. The predicted molar refractivity (Wildman–Crippen MR) is 132 cm³/mol. The van der Waals surface area contributed by atoms with Crippen molar-refractivity contribution in [3.63, 3.8) is 0 Å². The molecule has 2 aliphatic heterocycles. The summed E-state index contributed by atoms with van der Waals surface area (Å²) in [6.07, 6.45) is 0. The Morgan fingerprint density at radius 1 is 0.971 bits per heavy atom. The van der Waals surface area contributed by atoms with E-state index in [9.17, 15) is 4.79 Å². The molecule has 0 bridgehead atoms. The smallest absolute Gasteiger partial charge is 0.341 e. The zero-order chi connectivity index (χ0) is 23.2. The molecule has 0 N–H and O–H groups in total. The lowest BCUT2D eigenvalue weighted by Crippen LogP contribution is -2.02. The number of cyclic esters (lactones) is 1. The van der Waals surface area contributed by atoms with Gasteiger partial charge in [-0.1, -0.05) is 18.2 Å². The Morgan fingerprint density at radius 2 is 1.85 bits per heavy atom. The highest BCUT2D eigenvalue weighted by Gasteiger charge is 2.30. The topological polar surface area (TPSA) is 76.1 Å². The molecule has 0 saturated carbocycles. The normalized spacial score (nSPS) is 13.6. The van der Waals surface area contributed by atoms with E-state index < -0.39 is 5.97 Å². The van der Waals surface area contributed by atoms with E-state index in [2.05, 4.69) is 28.7 Å². The minimum atomic E-state index is -0.393. The molecule has 170 valence electrons. The number of carbonyl (C=O) groups is 1. The molecule has 0 atom stereocenters. The molecule has 0 radical (unpaired) electrons. The number of pyridine rings is 1. The zero-order valence-electron chi connectivity index (χ0n) is 18.1. The molecule has 0 aliphatic carbocycles. The lowest BCUT2D eigenvalue weighted by molar-refractivity contribution is 0.0534. The lowest BCUT2D eigenvalue weighted by Gasteiger charge is -2.16. The summed E-state index contributed by atoms with van der Waals surface area (Å²) >= 11 is 2.28. The fraction of sp³-hybridized carbons (Fsp3) is 0.154. The number of hydrogen-bond acceptors (Lipinski definition) is 7. The van der Waals surface area contributed by atoms with E-state index in [1.807, 2.05) is 48.5 Å². The van der Waals surface area contributed by atoms with E-state index in [1.165, 1.54) is 0 Å². The molecule has 0 amide bonds. The van der Waals surface area contributed by atoms with Gasteiger partial charge in [0, 0.05) is 20.6 Å². The van der Waals surface area contributed by atoms with Crippen molar-refractivity contribution in [1.29, 1.82) is 0 Å². The third kappa shape index (κ3) is 3.58. The first-order chi connectivity index (χ1) is 16.6. The van der Waals surface area contributed by atoms with Gasteiger partial charge in [0.1, 0.15) is 13.2 Å². The van der Waals surface area contributed by atoms with Gasteiger partial charge in [0.25, 0.3) is 0 Å². The van der Waals surface area contributed by atoms with Gasteiger partial charge in [0.2, 0.25) is 6.79 Å². The Kier molecular flexibility index (Phi) is 5.17. The van der Waals surface area contributed by atoms with Gasteiger partial charge in [-0.2, -0.15) is 0 Å². The summed E-state index contributed by atoms with van der Waals surface area (Å²) in [5.74, 6) is 2.03. The molecule has 2 aliphatic rings. The fourth-order valence-corrected chi connectivity index (χ4v) is 4.87. The second-order valence-electron chi connectivity index (χ2n) is 7.89. The molecule has 4 aromatic rings. The van der Waals surface area contributed by atoms with Gasteiger partial charge < -0.3 is 23.7 Å². The summed E-state index contributed by atoms with van der Waals surface area (Å²) in [6, 6.07) is 17.4. The van der Waals surface area contributed by atoms with Crippen molar-refractivity contribution in [2.45, 2.75) is 13.2 Å². The summed E-state index contributed by atoms with van der Waals surface area (Å²) in [5.41, 5.74) is 4.32. The number of hydrogen-bond donors (Lipinski definition) is 0. The quantitative estimate of drug-likeness (QED) is 0.233. The maximum atomic E-state index is 12.7. The highest BCUT2D eigenvalue weighted by atomic mass is 127. The number of halogens is 1. The summed E-state index contributed by atoms with van der Waals surface area (Å²) < 4.78 is 29.3. The van der Waals surface area contributed by atoms with Crippen molar-refractivity contribution in [1.82, 2.24) is 4.98 Å². The van der Waals surface area contributed by atoms with Gasteiger partial charge in [-0.05, 0) is 64.0 Å². The first kappa shape index (κ1) is 21.0. The second-order valence-corrected chi connectivity index (χ2v) is 9.14. The van der Waals surface area contributed by atoms with Crippen LogP contribution in [0.2, 0.25) is 0 Å². The van der Waals surface area contributed by atoms with E-state index in [0.717, 1.165) is 25.6 Å². The van der Waals surface area contributed by atoms with E-state index in [-0.39, 0.29) is 13.4 Å². The molecule has 0 saturated heterocycles. The van der Waals surface area contributed by atoms with Gasteiger partial charge in [0.05, 0.1) is 23.9 Å². The van der Waals surface area contributed by atoms with Crippen LogP contribution in [0.5, 0.6) is 23.0 Å². The molecule has 34 heavy (non-hydrogen) atoms. The summed E-state index contributed by atoms with van der Waals surface area (Å²) in [6.45, 7) is 0.692. The summed E-state index contributed by atoms with van der Waals surface area (Å²) in [4.78, 5) is 17.4. The van der Waals surface area contributed by atoms with Gasteiger partial charge in [-0.3, -0.25) is 0 Å². The van der Waals surface area contributed by atoms with Crippen LogP contribution in [0.3, 0.4) is 0 Å². The molecule has 6 rings (SSSR count). The average molecular weight is 567 g/mol. The van der Waals surface area contributed by atoms with Crippen molar-refractivity contribution >= 4 is 39.5 Å². The van der Waals surface area contributed by atoms with Gasteiger partial charge in [-0.15, -0.1) is 0 Å². The number of carbonyl (C=O) groups excluding carboxylic acids is 1. The van der Waals surface area contributed by atoms with Crippen LogP contribution in [0.25, 0.3) is 22.0 Å². The van der Waals surface area contributed by atoms with Crippen molar-refractivity contribution in [2.24, 2.45) is 0 Å². The zero-order valence-corrected chi connectivity index (χ0v) is 20.2. The molecule has 7 nitrogen and oxygen atoms in total. The van der Waals surface area contributed by atoms with E-state index >= 15 is 0 Å². The minimum absolute atomic E-state index is 0.131. The third-order valence-electron chi connectivity index (χ3n) is 5.83. The fourth-order valence-electron chi connectivity index (χ4n) is 4.26. The van der Waals surface area contributed by atoms with Crippen LogP contribution in [-0.2, 0) is 18.0 Å². The molecule has 3 heterocycles. The Balaban J connectivity index is 1.50. The van der Waals surface area contributed by atoms with Crippen molar-refractivity contribution in [3.8, 4) is 34.1 Å². The second kappa shape index (κ2) is 8.35. The van der Waals surface area contributed by atoms with Crippen LogP contribution in [0.1, 0.15) is 21.6 Å². The first-order valence-corrected chi connectivity index (χ1v) is 11.7. The lowest BCUT2D eigenvalue weighted by atomic mass is 9.94. The number of ether oxygens (including phenoxy) is 5. The number of rotatable bonds is 5. The number of nitrogens with zero attached hydrogens (tertiary/aromatic N) is 1. The molecule has 8 heteroatoms. The number of esters is 1. The predicted octanol–water partition coefficient (Wildman–Crippen LogP) is 5.49. The van der Waals surface area contributed by atoms with Crippen molar-refractivity contribution in [2.75, 3.05) is 13.9 Å². The molecular weight excluding hydrogens is 549 g/mol. The van der Waals surface area contributed by atoms with E-state index in [0.29, 0.717) is 46.4 Å². The standard InChI is InChI=1S/C26H18INO6/c1-30-21-9-17-18(10-23(21)31-11-14-3-2-4-16(27)7-14)28-19-12-32-26(29)25(19)24(17)15-5-6-20-22(8-15)34-13-33-20/h2-10H,11-13H2,1H3. The van der Waals surface area contributed by atoms with Crippen LogP contribution in [0.15, 0.2) is 54.6 Å².